The highest BCUT2D eigenvalue weighted by molar-refractivity contribution is 5.82. The molecule has 2 aromatic rings. The number of hydrogen-bond donors (Lipinski definition) is 3. The lowest BCUT2D eigenvalue weighted by Crippen LogP contribution is -2.55. The van der Waals surface area contributed by atoms with Crippen LogP contribution in [0, 0.1) is 0 Å². The third kappa shape index (κ3) is 7.84. The molecule has 0 aliphatic carbocycles. The van der Waals surface area contributed by atoms with Gasteiger partial charge in [0.05, 0.1) is 19.1 Å². The Balaban J connectivity index is 1.98. The molecule has 0 saturated carbocycles. The molecule has 9 heteroatoms. The van der Waals surface area contributed by atoms with Crippen molar-refractivity contribution in [2.24, 2.45) is 0 Å². The van der Waals surface area contributed by atoms with Crippen molar-refractivity contribution in [1.82, 2.24) is 16.1 Å². The predicted octanol–water partition coefficient (Wildman–Crippen LogP) is 2.50. The van der Waals surface area contributed by atoms with Crippen LogP contribution < -0.4 is 16.1 Å². The van der Waals surface area contributed by atoms with Gasteiger partial charge in [-0.05, 0) is 17.5 Å². The molecule has 2 atom stereocenters. The summed E-state index contributed by atoms with van der Waals surface area (Å²) in [5.74, 6) is -1.55. The van der Waals surface area contributed by atoms with Crippen molar-refractivity contribution in [3.05, 3.63) is 71.8 Å². The first-order chi connectivity index (χ1) is 14.3. The zero-order chi connectivity index (χ0) is 22.0. The van der Waals surface area contributed by atoms with Crippen LogP contribution >= 0.6 is 0 Å². The van der Waals surface area contributed by atoms with Gasteiger partial charge >= 0.3 is 6.18 Å². The fourth-order valence-electron chi connectivity index (χ4n) is 2.76. The average Bonchev–Trinajstić information content (AvgIpc) is 2.73. The molecule has 0 aliphatic rings. The van der Waals surface area contributed by atoms with Gasteiger partial charge in [-0.15, -0.1) is 0 Å². The Morgan fingerprint density at radius 1 is 0.967 bits per heavy atom. The summed E-state index contributed by atoms with van der Waals surface area (Å²) < 4.78 is 40.6. The van der Waals surface area contributed by atoms with E-state index >= 15 is 0 Å². The van der Waals surface area contributed by atoms with E-state index in [2.05, 4.69) is 10.6 Å². The number of alkyl halides is 3. The number of likely N-dealkylation sites (N-methyl/N-ethyl adjacent to an activating group) is 1. The van der Waals surface area contributed by atoms with Crippen LogP contribution in [0.3, 0.4) is 0 Å². The second kappa shape index (κ2) is 11.3. The lowest BCUT2D eigenvalue weighted by Gasteiger charge is -2.26. The van der Waals surface area contributed by atoms with Crippen molar-refractivity contribution in [2.75, 3.05) is 7.05 Å². The summed E-state index contributed by atoms with van der Waals surface area (Å²) in [6, 6.07) is 14.1. The highest BCUT2D eigenvalue weighted by atomic mass is 19.4. The number of carbonyl (C=O) groups is 2. The van der Waals surface area contributed by atoms with Crippen molar-refractivity contribution in [3.63, 3.8) is 0 Å². The standard InChI is InChI=1S/C21H24F3N3O3/c1-25-20(29)17(12-15-8-4-2-5-9-15)26-18(21(22,23)24)13-19(28)27-30-14-16-10-6-3-7-11-16/h2-11,17-18,26H,12-14H2,1H3,(H,25,29)(H,27,28)/t17-,18-/m0/s1. The van der Waals surface area contributed by atoms with Gasteiger partial charge < -0.3 is 5.32 Å². The number of benzene rings is 2. The largest absolute Gasteiger partial charge is 0.404 e. The van der Waals surface area contributed by atoms with Crippen LogP contribution in [0.15, 0.2) is 60.7 Å². The van der Waals surface area contributed by atoms with Gasteiger partial charge in [0.25, 0.3) is 0 Å². The van der Waals surface area contributed by atoms with Crippen LogP contribution in [0.5, 0.6) is 0 Å². The Kier molecular flexibility index (Phi) is 8.82. The topological polar surface area (TPSA) is 79.5 Å². The second-order valence-corrected chi connectivity index (χ2v) is 6.62. The summed E-state index contributed by atoms with van der Waals surface area (Å²) >= 11 is 0. The minimum atomic E-state index is -4.74. The number of carbonyl (C=O) groups excluding carboxylic acids is 2. The Bertz CT molecular complexity index is 801. The van der Waals surface area contributed by atoms with Gasteiger partial charge in [-0.1, -0.05) is 60.7 Å². The fourth-order valence-corrected chi connectivity index (χ4v) is 2.76. The van der Waals surface area contributed by atoms with E-state index in [9.17, 15) is 22.8 Å². The number of nitrogens with one attached hydrogen (secondary N) is 3. The molecule has 3 N–H and O–H groups in total. The van der Waals surface area contributed by atoms with Crippen molar-refractivity contribution in [3.8, 4) is 0 Å². The van der Waals surface area contributed by atoms with E-state index in [0.717, 1.165) is 5.56 Å². The minimum absolute atomic E-state index is 0.0194. The number of amides is 2. The maximum atomic E-state index is 13.5. The highest BCUT2D eigenvalue weighted by Crippen LogP contribution is 2.23. The molecule has 2 aromatic carbocycles. The van der Waals surface area contributed by atoms with E-state index in [0.29, 0.717) is 5.56 Å². The van der Waals surface area contributed by atoms with Crippen LogP contribution in [0.1, 0.15) is 17.5 Å². The minimum Gasteiger partial charge on any atom is -0.358 e. The van der Waals surface area contributed by atoms with Gasteiger partial charge in [0, 0.05) is 7.05 Å². The van der Waals surface area contributed by atoms with Crippen molar-refractivity contribution >= 4 is 11.8 Å². The van der Waals surface area contributed by atoms with Gasteiger partial charge in [0.15, 0.2) is 0 Å². The third-order valence-electron chi connectivity index (χ3n) is 4.30. The van der Waals surface area contributed by atoms with Crippen LogP contribution in [0.25, 0.3) is 0 Å². The molecule has 0 unspecified atom stereocenters. The third-order valence-corrected chi connectivity index (χ3v) is 4.30. The molecule has 0 bridgehead atoms. The zero-order valence-electron chi connectivity index (χ0n) is 16.4. The van der Waals surface area contributed by atoms with Gasteiger partial charge in [-0.3, -0.25) is 19.7 Å². The van der Waals surface area contributed by atoms with E-state index in [1.54, 1.807) is 60.7 Å². The summed E-state index contributed by atoms with van der Waals surface area (Å²) in [7, 11) is 1.34. The Morgan fingerprint density at radius 3 is 2.07 bits per heavy atom. The molecular weight excluding hydrogens is 399 g/mol. The first-order valence-electron chi connectivity index (χ1n) is 9.32. The maximum Gasteiger partial charge on any atom is 0.404 e. The van der Waals surface area contributed by atoms with Crippen LogP contribution in [0.4, 0.5) is 13.2 Å². The smallest absolute Gasteiger partial charge is 0.358 e. The molecule has 0 heterocycles. The van der Waals surface area contributed by atoms with Crippen molar-refractivity contribution in [2.45, 2.75) is 37.7 Å². The van der Waals surface area contributed by atoms with E-state index in [-0.39, 0.29) is 13.0 Å². The Morgan fingerprint density at radius 2 is 1.53 bits per heavy atom. The van der Waals surface area contributed by atoms with E-state index < -0.39 is 36.5 Å². The molecule has 0 saturated heterocycles. The molecule has 2 rings (SSSR count). The fraction of sp³-hybridized carbons (Fsp3) is 0.333. The van der Waals surface area contributed by atoms with Crippen molar-refractivity contribution < 1.29 is 27.6 Å². The quantitative estimate of drug-likeness (QED) is 0.513. The highest BCUT2D eigenvalue weighted by Gasteiger charge is 2.42. The summed E-state index contributed by atoms with van der Waals surface area (Å²) in [6.07, 6.45) is -5.63. The summed E-state index contributed by atoms with van der Waals surface area (Å²) in [6.45, 7) is 0.0194. The van der Waals surface area contributed by atoms with Gasteiger partial charge in [-0.2, -0.15) is 13.2 Å². The predicted molar refractivity (Wildman–Crippen MR) is 105 cm³/mol. The molecule has 6 nitrogen and oxygen atoms in total. The summed E-state index contributed by atoms with van der Waals surface area (Å²) in [5, 5.41) is 4.63. The van der Waals surface area contributed by atoms with Gasteiger partial charge in [-0.25, -0.2) is 5.48 Å². The maximum absolute atomic E-state index is 13.5. The Labute approximate surface area is 172 Å². The van der Waals surface area contributed by atoms with E-state index in [4.69, 9.17) is 4.84 Å². The average molecular weight is 423 g/mol. The molecule has 2 amide bonds. The van der Waals surface area contributed by atoms with E-state index in [1.165, 1.54) is 7.05 Å². The molecule has 0 aromatic heterocycles. The van der Waals surface area contributed by atoms with E-state index in [1.807, 2.05) is 5.48 Å². The number of hydroxylamine groups is 1. The Hall–Kier alpha value is -2.91. The first kappa shape index (κ1) is 23.4. The molecule has 0 fully saturated rings. The molecule has 0 spiro atoms. The number of hydrogen-bond acceptors (Lipinski definition) is 4. The zero-order valence-corrected chi connectivity index (χ0v) is 16.4. The monoisotopic (exact) mass is 423 g/mol. The lowest BCUT2D eigenvalue weighted by molar-refractivity contribution is -0.167. The molecule has 162 valence electrons. The van der Waals surface area contributed by atoms with Crippen LogP contribution in [-0.2, 0) is 27.5 Å². The van der Waals surface area contributed by atoms with Gasteiger partial charge in [0.1, 0.15) is 6.04 Å². The van der Waals surface area contributed by atoms with Gasteiger partial charge in [0.2, 0.25) is 11.8 Å². The number of rotatable bonds is 10. The second-order valence-electron chi connectivity index (χ2n) is 6.62. The molecule has 0 aliphatic heterocycles. The molecular formula is C21H24F3N3O3. The van der Waals surface area contributed by atoms with Crippen LogP contribution in [0.2, 0.25) is 0 Å². The summed E-state index contributed by atoms with van der Waals surface area (Å²) in [4.78, 5) is 29.1. The summed E-state index contributed by atoms with van der Waals surface area (Å²) in [5.41, 5.74) is 3.47. The number of halogens is 3. The van der Waals surface area contributed by atoms with Crippen molar-refractivity contribution in [1.29, 1.82) is 0 Å². The molecule has 30 heavy (non-hydrogen) atoms. The van der Waals surface area contributed by atoms with Crippen LogP contribution in [-0.4, -0.2) is 37.1 Å². The lowest BCUT2D eigenvalue weighted by atomic mass is 10.0. The SMILES string of the molecule is CNC(=O)[C@H](Cc1ccccc1)N[C@@H](CC(=O)NOCc1ccccc1)C(F)(F)F. The first-order valence-corrected chi connectivity index (χ1v) is 9.32. The molecule has 0 radical (unpaired) electrons. The normalized spacial score (nSPS) is 13.3.